The summed E-state index contributed by atoms with van der Waals surface area (Å²) in [7, 11) is 3.41. The topological polar surface area (TPSA) is 108 Å². The van der Waals surface area contributed by atoms with Crippen LogP contribution >= 0.6 is 24.0 Å². The second kappa shape index (κ2) is 10.8. The van der Waals surface area contributed by atoms with Gasteiger partial charge in [-0.3, -0.25) is 14.7 Å². The van der Waals surface area contributed by atoms with Crippen molar-refractivity contribution in [1.29, 1.82) is 0 Å². The molecule has 154 valence electrons. The Kier molecular flexibility index (Phi) is 9.43. The van der Waals surface area contributed by atoms with Gasteiger partial charge in [0.1, 0.15) is 0 Å². The summed E-state index contributed by atoms with van der Waals surface area (Å²) in [4.78, 5) is 22.3. The molecule has 1 aliphatic rings. The van der Waals surface area contributed by atoms with Crippen LogP contribution in [0.5, 0.6) is 0 Å². The minimum atomic E-state index is -0.159. The van der Waals surface area contributed by atoms with E-state index in [1.807, 2.05) is 20.8 Å². The summed E-state index contributed by atoms with van der Waals surface area (Å²) >= 11 is 0. The number of halogens is 1. The fourth-order valence-electron chi connectivity index (χ4n) is 2.70. The van der Waals surface area contributed by atoms with Gasteiger partial charge >= 0.3 is 0 Å². The van der Waals surface area contributed by atoms with Gasteiger partial charge < -0.3 is 20.5 Å². The van der Waals surface area contributed by atoms with Gasteiger partial charge in [0.05, 0.1) is 13.1 Å². The fraction of sp³-hybridized carbons (Fsp3) is 0.765. The lowest BCUT2D eigenvalue weighted by Crippen LogP contribution is -2.49. The molecule has 1 amide bonds. The second-order valence-corrected chi connectivity index (χ2v) is 7.56. The van der Waals surface area contributed by atoms with Gasteiger partial charge in [0, 0.05) is 38.6 Å². The molecule has 0 aromatic carbocycles. The van der Waals surface area contributed by atoms with Gasteiger partial charge in [-0.1, -0.05) is 25.9 Å². The lowest BCUT2D eigenvalue weighted by Gasteiger charge is -2.32. The minimum absolute atomic E-state index is 0. The van der Waals surface area contributed by atoms with E-state index in [9.17, 15) is 4.79 Å². The van der Waals surface area contributed by atoms with E-state index in [0.717, 1.165) is 31.9 Å². The smallest absolute Gasteiger partial charge is 0.233 e. The number of guanidine groups is 1. The second-order valence-electron chi connectivity index (χ2n) is 7.56. The van der Waals surface area contributed by atoms with E-state index in [0.29, 0.717) is 30.8 Å². The standard InChI is InChI=1S/C17H31N7O2.HI/c1-17(2,3)15-22-13(23-26-15)10-20-16(19-5)21-12-6-8-24(9-7-12)11-14(25)18-4;/h12H,6-11H2,1-5H3,(H,18,25)(H2,19,20,21);1H. The number of hydrogen-bond acceptors (Lipinski definition) is 6. The number of carbonyl (C=O) groups excluding carboxylic acids is 1. The van der Waals surface area contributed by atoms with E-state index in [4.69, 9.17) is 4.52 Å². The number of nitrogens with one attached hydrogen (secondary N) is 3. The molecule has 1 saturated heterocycles. The highest BCUT2D eigenvalue weighted by Crippen LogP contribution is 2.19. The van der Waals surface area contributed by atoms with Gasteiger partial charge in [-0.15, -0.1) is 24.0 Å². The molecule has 2 rings (SSSR count). The zero-order valence-electron chi connectivity index (χ0n) is 16.8. The minimum Gasteiger partial charge on any atom is -0.358 e. The number of likely N-dealkylation sites (tertiary alicyclic amines) is 1. The number of carbonyl (C=O) groups is 1. The number of nitrogens with zero attached hydrogens (tertiary/aromatic N) is 4. The fourth-order valence-corrected chi connectivity index (χ4v) is 2.70. The Hall–Kier alpha value is -1.43. The van der Waals surface area contributed by atoms with E-state index >= 15 is 0 Å². The van der Waals surface area contributed by atoms with E-state index in [1.165, 1.54) is 0 Å². The maximum Gasteiger partial charge on any atom is 0.233 e. The summed E-state index contributed by atoms with van der Waals surface area (Å²) in [5.41, 5.74) is -0.159. The Morgan fingerprint density at radius 3 is 2.52 bits per heavy atom. The largest absolute Gasteiger partial charge is 0.358 e. The summed E-state index contributed by atoms with van der Waals surface area (Å²) in [6, 6.07) is 0.331. The van der Waals surface area contributed by atoms with Gasteiger partial charge in [0.2, 0.25) is 11.8 Å². The van der Waals surface area contributed by atoms with E-state index in [-0.39, 0.29) is 35.3 Å². The number of piperidine rings is 1. The average molecular weight is 493 g/mol. The third-order valence-corrected chi connectivity index (χ3v) is 4.32. The molecule has 0 bridgehead atoms. The van der Waals surface area contributed by atoms with Crippen molar-refractivity contribution in [2.45, 2.75) is 51.6 Å². The Morgan fingerprint density at radius 1 is 1.33 bits per heavy atom. The Balaban J connectivity index is 0.00000364. The molecule has 0 atom stereocenters. The molecular formula is C17H32IN7O2. The molecule has 0 unspecified atom stereocenters. The lowest BCUT2D eigenvalue weighted by molar-refractivity contribution is -0.122. The molecule has 2 heterocycles. The van der Waals surface area contributed by atoms with Crippen molar-refractivity contribution in [1.82, 2.24) is 31.0 Å². The first-order valence-electron chi connectivity index (χ1n) is 9.05. The predicted octanol–water partition coefficient (Wildman–Crippen LogP) is 0.861. The van der Waals surface area contributed by atoms with Gasteiger partial charge in [0.15, 0.2) is 11.8 Å². The predicted molar refractivity (Wildman–Crippen MR) is 115 cm³/mol. The summed E-state index contributed by atoms with van der Waals surface area (Å²) in [6.07, 6.45) is 1.93. The first kappa shape index (κ1) is 23.6. The third-order valence-electron chi connectivity index (χ3n) is 4.32. The molecular weight excluding hydrogens is 461 g/mol. The quantitative estimate of drug-likeness (QED) is 0.317. The molecule has 0 spiro atoms. The van der Waals surface area contributed by atoms with Crippen LogP contribution in [0.3, 0.4) is 0 Å². The average Bonchev–Trinajstić information content (AvgIpc) is 3.09. The maximum absolute atomic E-state index is 11.5. The number of likely N-dealkylation sites (N-methyl/N-ethyl adjacent to an activating group) is 1. The number of aliphatic imine (C=N–C) groups is 1. The molecule has 1 fully saturated rings. The van der Waals surface area contributed by atoms with Gasteiger partial charge in [-0.25, -0.2) is 0 Å². The van der Waals surface area contributed by atoms with Crippen molar-refractivity contribution in [2.24, 2.45) is 4.99 Å². The summed E-state index contributed by atoms with van der Waals surface area (Å²) in [5, 5.41) is 13.3. The van der Waals surface area contributed by atoms with Crippen molar-refractivity contribution in [2.75, 3.05) is 33.7 Å². The molecule has 1 aromatic heterocycles. The van der Waals surface area contributed by atoms with Crippen LogP contribution in [0.25, 0.3) is 0 Å². The Labute approximate surface area is 178 Å². The first-order chi connectivity index (χ1) is 12.3. The van der Waals surface area contributed by atoms with Gasteiger partial charge in [-0.05, 0) is 12.8 Å². The van der Waals surface area contributed by atoms with Crippen molar-refractivity contribution in [3.63, 3.8) is 0 Å². The van der Waals surface area contributed by atoms with Crippen LogP contribution in [-0.4, -0.2) is 66.7 Å². The number of aromatic nitrogens is 2. The third kappa shape index (κ3) is 7.60. The van der Waals surface area contributed by atoms with Crippen LogP contribution in [0.2, 0.25) is 0 Å². The Morgan fingerprint density at radius 2 is 2.00 bits per heavy atom. The Bertz CT molecular complexity index is 619. The summed E-state index contributed by atoms with van der Waals surface area (Å²) in [6.45, 7) is 8.81. The van der Waals surface area contributed by atoms with Crippen LogP contribution < -0.4 is 16.0 Å². The van der Waals surface area contributed by atoms with Crippen molar-refractivity contribution < 1.29 is 9.32 Å². The molecule has 0 aliphatic carbocycles. The van der Waals surface area contributed by atoms with Crippen LogP contribution in [0.15, 0.2) is 9.52 Å². The van der Waals surface area contributed by atoms with Crippen molar-refractivity contribution >= 4 is 35.8 Å². The zero-order chi connectivity index (χ0) is 19.2. The monoisotopic (exact) mass is 493 g/mol. The van der Waals surface area contributed by atoms with Crippen LogP contribution in [0.1, 0.15) is 45.3 Å². The van der Waals surface area contributed by atoms with E-state index in [2.05, 4.69) is 36.0 Å². The van der Waals surface area contributed by atoms with Gasteiger partial charge in [0.25, 0.3) is 0 Å². The normalized spacial score (nSPS) is 16.6. The highest BCUT2D eigenvalue weighted by atomic mass is 127. The molecule has 0 radical (unpaired) electrons. The van der Waals surface area contributed by atoms with Crippen molar-refractivity contribution in [3.8, 4) is 0 Å². The molecule has 27 heavy (non-hydrogen) atoms. The summed E-state index contributed by atoms with van der Waals surface area (Å²) in [5.74, 6) is 2.01. The number of amides is 1. The van der Waals surface area contributed by atoms with Gasteiger partial charge in [-0.2, -0.15) is 4.98 Å². The van der Waals surface area contributed by atoms with Crippen LogP contribution in [-0.2, 0) is 16.8 Å². The van der Waals surface area contributed by atoms with Crippen molar-refractivity contribution in [3.05, 3.63) is 11.7 Å². The van der Waals surface area contributed by atoms with E-state index < -0.39 is 0 Å². The molecule has 10 heteroatoms. The number of hydrogen-bond donors (Lipinski definition) is 3. The number of rotatable bonds is 5. The van der Waals surface area contributed by atoms with Crippen LogP contribution in [0.4, 0.5) is 0 Å². The molecule has 1 aromatic rings. The SMILES string of the molecule is CN=C(NCc1noc(C(C)(C)C)n1)NC1CCN(CC(=O)NC)CC1.I. The van der Waals surface area contributed by atoms with E-state index in [1.54, 1.807) is 14.1 Å². The molecule has 9 nitrogen and oxygen atoms in total. The highest BCUT2D eigenvalue weighted by molar-refractivity contribution is 14.0. The molecule has 0 saturated carbocycles. The summed E-state index contributed by atoms with van der Waals surface area (Å²) < 4.78 is 5.30. The van der Waals surface area contributed by atoms with Crippen LogP contribution in [0, 0.1) is 0 Å². The molecule has 3 N–H and O–H groups in total. The maximum atomic E-state index is 11.5. The molecule has 1 aliphatic heterocycles. The highest BCUT2D eigenvalue weighted by Gasteiger charge is 2.23. The first-order valence-corrected chi connectivity index (χ1v) is 9.05. The lowest BCUT2D eigenvalue weighted by atomic mass is 9.97. The zero-order valence-corrected chi connectivity index (χ0v) is 19.2.